The first-order chi connectivity index (χ1) is 8.33. The third kappa shape index (κ3) is 3.65. The van der Waals surface area contributed by atoms with E-state index in [0.717, 1.165) is 13.0 Å². The van der Waals surface area contributed by atoms with Crippen molar-refractivity contribution in [1.29, 1.82) is 0 Å². The lowest BCUT2D eigenvalue weighted by Crippen LogP contribution is -2.41. The van der Waals surface area contributed by atoms with Gasteiger partial charge < -0.3 is 19.5 Å². The molecule has 0 aromatic carbocycles. The van der Waals surface area contributed by atoms with Crippen LogP contribution in [0.2, 0.25) is 0 Å². The maximum atomic E-state index is 8.87. The van der Waals surface area contributed by atoms with Gasteiger partial charge in [-0.15, -0.1) is 0 Å². The molecule has 2 aliphatic rings. The number of likely N-dealkylation sites (tertiary alicyclic amines) is 1. The lowest BCUT2D eigenvalue weighted by molar-refractivity contribution is -0.0811. The third-order valence-electron chi connectivity index (χ3n) is 3.88. The second-order valence-electron chi connectivity index (χ2n) is 5.05. The Balaban J connectivity index is 1.76. The summed E-state index contributed by atoms with van der Waals surface area (Å²) < 4.78 is 11.4. The van der Waals surface area contributed by atoms with Crippen molar-refractivity contribution in [1.82, 2.24) is 4.90 Å². The van der Waals surface area contributed by atoms with Gasteiger partial charge in [0, 0.05) is 19.1 Å². The number of hydrogen-bond acceptors (Lipinski definition) is 4. The molecule has 1 N–H and O–H groups in total. The van der Waals surface area contributed by atoms with E-state index in [1.165, 1.54) is 25.8 Å². The lowest BCUT2D eigenvalue weighted by Gasteiger charge is -2.35. The van der Waals surface area contributed by atoms with Crippen molar-refractivity contribution in [3.8, 4) is 0 Å². The number of rotatable bonds is 5. The zero-order chi connectivity index (χ0) is 12.1. The van der Waals surface area contributed by atoms with Crippen molar-refractivity contribution in [3.05, 3.63) is 0 Å². The van der Waals surface area contributed by atoms with Gasteiger partial charge in [-0.3, -0.25) is 0 Å². The van der Waals surface area contributed by atoms with Gasteiger partial charge in [0.25, 0.3) is 0 Å². The number of aliphatic hydroxyl groups excluding tert-OH is 1. The number of hydrogen-bond donors (Lipinski definition) is 1. The minimum absolute atomic E-state index is 0.0521. The second kappa shape index (κ2) is 6.69. The molecule has 0 aromatic rings. The number of nitrogens with zero attached hydrogens (tertiary/aromatic N) is 1. The summed E-state index contributed by atoms with van der Waals surface area (Å²) in [4.78, 5) is 2.54. The molecular weight excluding hydrogens is 218 g/mol. The van der Waals surface area contributed by atoms with Gasteiger partial charge in [0.05, 0.1) is 12.7 Å². The molecule has 2 aliphatic heterocycles. The minimum atomic E-state index is -0.0521. The monoisotopic (exact) mass is 243 g/mol. The summed E-state index contributed by atoms with van der Waals surface area (Å²) in [6.07, 6.45) is 5.64. The molecule has 0 bridgehead atoms. The molecule has 0 radical (unpaired) electrons. The van der Waals surface area contributed by atoms with E-state index in [9.17, 15) is 0 Å². The maximum absolute atomic E-state index is 8.87. The van der Waals surface area contributed by atoms with Crippen molar-refractivity contribution >= 4 is 0 Å². The van der Waals surface area contributed by atoms with Crippen molar-refractivity contribution in [2.45, 2.75) is 57.5 Å². The summed E-state index contributed by atoms with van der Waals surface area (Å²) in [5.74, 6) is 0. The predicted molar refractivity (Wildman–Crippen MR) is 65.8 cm³/mol. The van der Waals surface area contributed by atoms with Gasteiger partial charge in [-0.2, -0.15) is 0 Å². The molecule has 2 saturated heterocycles. The molecule has 3 atom stereocenters. The highest BCUT2D eigenvalue weighted by molar-refractivity contribution is 4.79. The highest BCUT2D eigenvalue weighted by Crippen LogP contribution is 2.25. The molecule has 0 saturated carbocycles. The van der Waals surface area contributed by atoms with Crippen molar-refractivity contribution in [2.24, 2.45) is 0 Å². The Morgan fingerprint density at radius 2 is 2.24 bits per heavy atom. The van der Waals surface area contributed by atoms with Gasteiger partial charge in [-0.25, -0.2) is 0 Å². The normalized spacial score (nSPS) is 35.3. The molecule has 2 heterocycles. The van der Waals surface area contributed by atoms with E-state index in [1.807, 2.05) is 0 Å². The van der Waals surface area contributed by atoms with Gasteiger partial charge in [-0.1, -0.05) is 13.3 Å². The summed E-state index contributed by atoms with van der Waals surface area (Å²) >= 11 is 0. The van der Waals surface area contributed by atoms with Crippen LogP contribution in [0.3, 0.4) is 0 Å². The number of ether oxygens (including phenoxy) is 2. The van der Waals surface area contributed by atoms with E-state index in [0.29, 0.717) is 19.1 Å². The molecular formula is C13H25NO3. The molecule has 4 nitrogen and oxygen atoms in total. The highest BCUT2D eigenvalue weighted by atomic mass is 16.7. The van der Waals surface area contributed by atoms with Crippen LogP contribution in [0.5, 0.6) is 0 Å². The Morgan fingerprint density at radius 1 is 1.35 bits per heavy atom. The van der Waals surface area contributed by atoms with Gasteiger partial charge in [-0.05, 0) is 32.4 Å². The summed E-state index contributed by atoms with van der Waals surface area (Å²) in [6, 6.07) is 0.617. The van der Waals surface area contributed by atoms with Crippen LogP contribution in [-0.2, 0) is 9.47 Å². The molecule has 0 amide bonds. The Kier molecular flexibility index (Phi) is 5.22. The molecule has 0 aliphatic carbocycles. The molecule has 3 unspecified atom stereocenters. The highest BCUT2D eigenvalue weighted by Gasteiger charge is 2.30. The van der Waals surface area contributed by atoms with E-state index < -0.39 is 0 Å². The van der Waals surface area contributed by atoms with E-state index in [1.54, 1.807) is 0 Å². The van der Waals surface area contributed by atoms with Crippen LogP contribution >= 0.6 is 0 Å². The molecule has 4 heteroatoms. The Hall–Kier alpha value is -0.160. The second-order valence-corrected chi connectivity index (χ2v) is 5.05. The fraction of sp³-hybridized carbons (Fsp3) is 1.00. The molecule has 0 aromatic heterocycles. The van der Waals surface area contributed by atoms with Crippen LogP contribution in [0.25, 0.3) is 0 Å². The van der Waals surface area contributed by atoms with Crippen LogP contribution in [-0.4, -0.2) is 54.7 Å². The molecule has 0 spiro atoms. The van der Waals surface area contributed by atoms with Crippen LogP contribution in [0.4, 0.5) is 0 Å². The number of aliphatic hydroxyl groups is 1. The number of piperidine rings is 1. The fourth-order valence-corrected chi connectivity index (χ4v) is 2.89. The van der Waals surface area contributed by atoms with Gasteiger partial charge in [0.15, 0.2) is 6.29 Å². The summed E-state index contributed by atoms with van der Waals surface area (Å²) in [6.45, 7) is 5.39. The largest absolute Gasteiger partial charge is 0.396 e. The predicted octanol–water partition coefficient (Wildman–Crippen LogP) is 1.37. The lowest BCUT2D eigenvalue weighted by atomic mass is 9.99. The topological polar surface area (TPSA) is 41.9 Å². The van der Waals surface area contributed by atoms with Crippen LogP contribution in [0.15, 0.2) is 0 Å². The van der Waals surface area contributed by atoms with Gasteiger partial charge in [0.1, 0.15) is 0 Å². The SMILES string of the molecule is CCN1CCCCC1CC1OCC(CCO)O1. The van der Waals surface area contributed by atoms with Crippen LogP contribution in [0, 0.1) is 0 Å². The first-order valence-corrected chi connectivity index (χ1v) is 6.95. The zero-order valence-corrected chi connectivity index (χ0v) is 10.8. The summed E-state index contributed by atoms with van der Waals surface area (Å²) in [5.41, 5.74) is 0. The fourth-order valence-electron chi connectivity index (χ4n) is 2.89. The molecule has 17 heavy (non-hydrogen) atoms. The van der Waals surface area contributed by atoms with E-state index in [2.05, 4.69) is 11.8 Å². The smallest absolute Gasteiger partial charge is 0.159 e. The molecule has 2 rings (SSSR count). The Morgan fingerprint density at radius 3 is 3.00 bits per heavy atom. The van der Waals surface area contributed by atoms with Crippen LogP contribution in [0.1, 0.15) is 39.0 Å². The molecule has 2 fully saturated rings. The average Bonchev–Trinajstić information content (AvgIpc) is 2.78. The standard InChI is InChI=1S/C13H25NO3/c1-2-14-7-4-3-5-11(14)9-13-16-10-12(17-13)6-8-15/h11-13,15H,2-10H2,1H3. The zero-order valence-electron chi connectivity index (χ0n) is 10.8. The van der Waals surface area contributed by atoms with Crippen molar-refractivity contribution < 1.29 is 14.6 Å². The summed E-state index contributed by atoms with van der Waals surface area (Å²) in [7, 11) is 0. The first kappa shape index (κ1) is 13.3. The first-order valence-electron chi connectivity index (χ1n) is 6.95. The summed E-state index contributed by atoms with van der Waals surface area (Å²) in [5, 5.41) is 8.87. The van der Waals surface area contributed by atoms with E-state index >= 15 is 0 Å². The average molecular weight is 243 g/mol. The van der Waals surface area contributed by atoms with Gasteiger partial charge in [0.2, 0.25) is 0 Å². The quantitative estimate of drug-likeness (QED) is 0.792. The van der Waals surface area contributed by atoms with Crippen LogP contribution < -0.4 is 0 Å². The third-order valence-corrected chi connectivity index (χ3v) is 3.88. The van der Waals surface area contributed by atoms with Crippen molar-refractivity contribution in [3.63, 3.8) is 0 Å². The molecule has 100 valence electrons. The van der Waals surface area contributed by atoms with Gasteiger partial charge >= 0.3 is 0 Å². The maximum Gasteiger partial charge on any atom is 0.159 e. The van der Waals surface area contributed by atoms with Crippen molar-refractivity contribution in [2.75, 3.05) is 26.3 Å². The van der Waals surface area contributed by atoms with E-state index in [-0.39, 0.29) is 19.0 Å². The Bertz CT molecular complexity index is 225. The minimum Gasteiger partial charge on any atom is -0.396 e. The Labute approximate surface area is 104 Å². The van der Waals surface area contributed by atoms with E-state index in [4.69, 9.17) is 14.6 Å².